The van der Waals surface area contributed by atoms with Crippen molar-refractivity contribution in [1.82, 2.24) is 0 Å². The summed E-state index contributed by atoms with van der Waals surface area (Å²) < 4.78 is 5.54. The van der Waals surface area contributed by atoms with Gasteiger partial charge in [0.15, 0.2) is 5.78 Å². The molecule has 1 saturated carbocycles. The molecule has 0 aromatic rings. The van der Waals surface area contributed by atoms with Crippen molar-refractivity contribution in [2.75, 3.05) is 0 Å². The molecule has 0 amide bonds. The third-order valence-electron chi connectivity index (χ3n) is 4.49. The van der Waals surface area contributed by atoms with Crippen LogP contribution in [0.5, 0.6) is 0 Å². The molecular weight excluding hydrogens is 244 g/mol. The lowest BCUT2D eigenvalue weighted by molar-refractivity contribution is -0.168. The van der Waals surface area contributed by atoms with Gasteiger partial charge >= 0.3 is 5.97 Å². The van der Waals surface area contributed by atoms with E-state index in [2.05, 4.69) is 6.92 Å². The average Bonchev–Trinajstić information content (AvgIpc) is 2.38. The topological polar surface area (TPSA) is 63.6 Å². The molecule has 1 aliphatic carbocycles. The first-order valence-electron chi connectivity index (χ1n) is 7.20. The van der Waals surface area contributed by atoms with Gasteiger partial charge in [-0.15, -0.1) is 0 Å². The van der Waals surface area contributed by atoms with Crippen LogP contribution in [-0.2, 0) is 14.3 Å². The summed E-state index contributed by atoms with van der Waals surface area (Å²) in [6.07, 6.45) is 5.20. The van der Waals surface area contributed by atoms with Crippen molar-refractivity contribution in [3.63, 3.8) is 0 Å². The molecule has 0 bridgehead atoms. The highest BCUT2D eigenvalue weighted by atomic mass is 16.6. The number of esters is 1. The van der Waals surface area contributed by atoms with Gasteiger partial charge in [0.05, 0.1) is 6.42 Å². The second-order valence-corrected chi connectivity index (χ2v) is 5.70. The third-order valence-corrected chi connectivity index (χ3v) is 4.49. The normalized spacial score (nSPS) is 34.3. The molecule has 0 aromatic carbocycles. The predicted molar refractivity (Wildman–Crippen MR) is 70.6 cm³/mol. The second kappa shape index (κ2) is 5.35. The molecule has 1 N–H and O–H groups in total. The van der Waals surface area contributed by atoms with Crippen molar-refractivity contribution in [3.8, 4) is 0 Å². The molecule has 19 heavy (non-hydrogen) atoms. The first kappa shape index (κ1) is 14.1. The Labute approximate surface area is 113 Å². The largest absolute Gasteiger partial charge is 0.511 e. The van der Waals surface area contributed by atoms with Crippen LogP contribution in [0.3, 0.4) is 0 Å². The molecule has 0 atom stereocenters. The van der Waals surface area contributed by atoms with E-state index in [-0.39, 0.29) is 30.0 Å². The molecule has 4 nitrogen and oxygen atoms in total. The van der Waals surface area contributed by atoms with Crippen molar-refractivity contribution in [2.45, 2.75) is 64.4 Å². The molecule has 2 fully saturated rings. The summed E-state index contributed by atoms with van der Waals surface area (Å²) >= 11 is 0. The number of ketones is 1. The molecule has 2 rings (SSSR count). The van der Waals surface area contributed by atoms with Crippen molar-refractivity contribution >= 4 is 11.8 Å². The molecule has 2 aliphatic rings. The number of carbonyl (C=O) groups excluding carboxylic acids is 2. The van der Waals surface area contributed by atoms with E-state index in [0.717, 1.165) is 32.1 Å². The quantitative estimate of drug-likeness (QED) is 0.361. The van der Waals surface area contributed by atoms with E-state index >= 15 is 0 Å². The fourth-order valence-electron chi connectivity index (χ4n) is 3.12. The summed E-state index contributed by atoms with van der Waals surface area (Å²) in [5.74, 6) is -0.358. The number of ether oxygens (including phenoxy) is 1. The van der Waals surface area contributed by atoms with E-state index in [9.17, 15) is 14.7 Å². The summed E-state index contributed by atoms with van der Waals surface area (Å²) in [6, 6.07) is 0. The zero-order valence-corrected chi connectivity index (χ0v) is 11.7. The van der Waals surface area contributed by atoms with Crippen LogP contribution < -0.4 is 0 Å². The maximum atomic E-state index is 12.1. The minimum atomic E-state index is -0.634. The first-order chi connectivity index (χ1) is 9.01. The highest BCUT2D eigenvalue weighted by Gasteiger charge is 2.46. The van der Waals surface area contributed by atoms with Crippen LogP contribution in [0.15, 0.2) is 11.3 Å². The van der Waals surface area contributed by atoms with E-state index in [0.29, 0.717) is 5.92 Å². The monoisotopic (exact) mass is 266 g/mol. The van der Waals surface area contributed by atoms with Crippen LogP contribution in [0.2, 0.25) is 0 Å². The molecule has 0 radical (unpaired) electrons. The first-order valence-corrected chi connectivity index (χ1v) is 7.20. The number of carbonyl (C=O) groups is 2. The van der Waals surface area contributed by atoms with Crippen LogP contribution in [0.25, 0.3) is 0 Å². The molecule has 1 spiro atoms. The van der Waals surface area contributed by atoms with Gasteiger partial charge in [0.1, 0.15) is 16.9 Å². The van der Waals surface area contributed by atoms with Gasteiger partial charge in [-0.2, -0.15) is 0 Å². The van der Waals surface area contributed by atoms with Gasteiger partial charge in [-0.05, 0) is 31.6 Å². The van der Waals surface area contributed by atoms with Gasteiger partial charge < -0.3 is 9.84 Å². The molecule has 1 aliphatic heterocycles. The summed E-state index contributed by atoms with van der Waals surface area (Å²) in [5.41, 5.74) is -0.733. The van der Waals surface area contributed by atoms with E-state index in [1.165, 1.54) is 0 Å². The number of aliphatic hydroxyl groups is 1. The fraction of sp³-hybridized carbons (Fsp3) is 0.733. The lowest BCUT2D eigenvalue weighted by Gasteiger charge is -2.41. The molecule has 0 aromatic heterocycles. The van der Waals surface area contributed by atoms with Gasteiger partial charge in [0.25, 0.3) is 0 Å². The van der Waals surface area contributed by atoms with Gasteiger partial charge in [-0.1, -0.05) is 20.3 Å². The Hall–Kier alpha value is -1.32. The zero-order chi connectivity index (χ0) is 14.0. The Balaban J connectivity index is 2.14. The van der Waals surface area contributed by atoms with E-state index in [4.69, 9.17) is 4.74 Å². The molecule has 0 unspecified atom stereocenters. The highest BCUT2D eigenvalue weighted by molar-refractivity contribution is 6.19. The Kier molecular flexibility index (Phi) is 3.97. The van der Waals surface area contributed by atoms with Crippen LogP contribution in [0.1, 0.15) is 58.8 Å². The number of aliphatic hydroxyl groups excluding tert-OH is 1. The van der Waals surface area contributed by atoms with Crippen molar-refractivity contribution in [3.05, 3.63) is 11.3 Å². The standard InChI is InChI=1S/C15H22O4/c1-3-10-5-7-15(8-6-10)9-12(17)13(11(16)4-2)14(18)19-15/h10,16H,3-9H2,1-2H3. The Morgan fingerprint density at radius 1 is 1.32 bits per heavy atom. The van der Waals surface area contributed by atoms with Gasteiger partial charge in [0.2, 0.25) is 0 Å². The van der Waals surface area contributed by atoms with Crippen LogP contribution in [0.4, 0.5) is 0 Å². The van der Waals surface area contributed by atoms with Crippen LogP contribution in [0, 0.1) is 5.92 Å². The number of Topliss-reactive ketones (excluding diaryl/α,β-unsaturated/α-hetero) is 1. The zero-order valence-electron chi connectivity index (χ0n) is 11.7. The Morgan fingerprint density at radius 3 is 2.42 bits per heavy atom. The smallest absolute Gasteiger partial charge is 0.345 e. The van der Waals surface area contributed by atoms with Gasteiger partial charge in [0, 0.05) is 6.42 Å². The molecule has 1 heterocycles. The summed E-state index contributed by atoms with van der Waals surface area (Å²) in [4.78, 5) is 24.1. The highest BCUT2D eigenvalue weighted by Crippen LogP contribution is 2.42. The summed E-state index contributed by atoms with van der Waals surface area (Å²) in [6.45, 7) is 3.88. The van der Waals surface area contributed by atoms with E-state index in [1.807, 2.05) is 0 Å². The number of hydrogen-bond acceptors (Lipinski definition) is 4. The second-order valence-electron chi connectivity index (χ2n) is 5.70. The minimum absolute atomic E-state index is 0.134. The lowest BCUT2D eigenvalue weighted by atomic mass is 9.73. The van der Waals surface area contributed by atoms with Crippen molar-refractivity contribution in [2.24, 2.45) is 5.92 Å². The van der Waals surface area contributed by atoms with Gasteiger partial charge in [-0.3, -0.25) is 4.79 Å². The van der Waals surface area contributed by atoms with E-state index in [1.54, 1.807) is 6.92 Å². The molecule has 4 heteroatoms. The average molecular weight is 266 g/mol. The molecular formula is C15H22O4. The third kappa shape index (κ3) is 2.67. The number of hydrogen-bond donors (Lipinski definition) is 1. The maximum absolute atomic E-state index is 12.1. The minimum Gasteiger partial charge on any atom is -0.511 e. The van der Waals surface area contributed by atoms with Crippen LogP contribution in [-0.4, -0.2) is 22.5 Å². The predicted octanol–water partition coefficient (Wildman–Crippen LogP) is 3.06. The fourth-order valence-corrected chi connectivity index (χ4v) is 3.12. The SMILES string of the molecule is CCC(O)=C1C(=O)CC2(CCC(CC)CC2)OC1=O. The van der Waals surface area contributed by atoms with E-state index < -0.39 is 11.6 Å². The maximum Gasteiger partial charge on any atom is 0.345 e. The summed E-state index contributed by atoms with van der Waals surface area (Å²) in [7, 11) is 0. The molecule has 1 saturated heterocycles. The lowest BCUT2D eigenvalue weighted by Crippen LogP contribution is -2.46. The van der Waals surface area contributed by atoms with Crippen LogP contribution >= 0.6 is 0 Å². The number of allylic oxidation sites excluding steroid dienone is 1. The van der Waals surface area contributed by atoms with Crippen molar-refractivity contribution in [1.29, 1.82) is 0 Å². The Bertz CT molecular complexity index is 392. The Morgan fingerprint density at radius 2 is 1.95 bits per heavy atom. The summed E-state index contributed by atoms with van der Waals surface area (Å²) in [5, 5.41) is 9.65. The molecule has 106 valence electrons. The van der Waals surface area contributed by atoms with Gasteiger partial charge in [-0.25, -0.2) is 4.79 Å². The van der Waals surface area contributed by atoms with Crippen molar-refractivity contribution < 1.29 is 19.4 Å². The number of rotatable bonds is 2.